The molecule has 1 aromatic rings. The molecule has 4 N–H and O–H groups in total. The van der Waals surface area contributed by atoms with Crippen molar-refractivity contribution in [1.29, 1.82) is 0 Å². The van der Waals surface area contributed by atoms with Crippen molar-refractivity contribution in [3.63, 3.8) is 0 Å². The van der Waals surface area contributed by atoms with Gasteiger partial charge in [0.1, 0.15) is 18.2 Å². The zero-order valence-electron chi connectivity index (χ0n) is 9.56. The van der Waals surface area contributed by atoms with Gasteiger partial charge in [-0.25, -0.2) is 0 Å². The van der Waals surface area contributed by atoms with E-state index in [1.54, 1.807) is 14.0 Å². The van der Waals surface area contributed by atoms with Crippen LogP contribution in [0.5, 0.6) is 5.75 Å². The third-order valence-electron chi connectivity index (χ3n) is 2.03. The SMILES string of the molecule is COc1c(CN)cccc1CO/N=C(/C)N. The number of hydrogen-bond donors (Lipinski definition) is 2. The molecule has 0 aliphatic carbocycles. The summed E-state index contributed by atoms with van der Waals surface area (Å²) in [6.07, 6.45) is 0. The number of rotatable bonds is 5. The van der Waals surface area contributed by atoms with Crippen LogP contribution in [0.25, 0.3) is 0 Å². The van der Waals surface area contributed by atoms with Crippen molar-refractivity contribution >= 4 is 5.84 Å². The lowest BCUT2D eigenvalue weighted by molar-refractivity contribution is 0.128. The van der Waals surface area contributed by atoms with E-state index in [4.69, 9.17) is 21.0 Å². The number of methoxy groups -OCH3 is 1. The fourth-order valence-corrected chi connectivity index (χ4v) is 1.38. The van der Waals surface area contributed by atoms with Crippen molar-refractivity contribution in [3.05, 3.63) is 29.3 Å². The lowest BCUT2D eigenvalue weighted by Crippen LogP contribution is -2.06. The minimum Gasteiger partial charge on any atom is -0.496 e. The number of amidine groups is 1. The van der Waals surface area contributed by atoms with E-state index in [9.17, 15) is 0 Å². The normalized spacial score (nSPS) is 11.3. The Morgan fingerprint density at radius 3 is 2.62 bits per heavy atom. The number of ether oxygens (including phenoxy) is 1. The average Bonchev–Trinajstić information content (AvgIpc) is 2.28. The molecule has 1 aromatic carbocycles. The van der Waals surface area contributed by atoms with E-state index in [0.717, 1.165) is 16.9 Å². The summed E-state index contributed by atoms with van der Waals surface area (Å²) in [6, 6.07) is 5.72. The monoisotopic (exact) mass is 223 g/mol. The zero-order valence-corrected chi connectivity index (χ0v) is 9.56. The van der Waals surface area contributed by atoms with Gasteiger partial charge in [-0.1, -0.05) is 23.4 Å². The summed E-state index contributed by atoms with van der Waals surface area (Å²) in [5.74, 6) is 1.13. The molecular weight excluding hydrogens is 206 g/mol. The van der Waals surface area contributed by atoms with Crippen molar-refractivity contribution in [3.8, 4) is 5.75 Å². The van der Waals surface area contributed by atoms with E-state index >= 15 is 0 Å². The van der Waals surface area contributed by atoms with Gasteiger partial charge in [-0.05, 0) is 6.92 Å². The molecule has 0 heterocycles. The van der Waals surface area contributed by atoms with Gasteiger partial charge in [0.2, 0.25) is 0 Å². The van der Waals surface area contributed by atoms with Crippen molar-refractivity contribution < 1.29 is 9.57 Å². The Hall–Kier alpha value is -1.75. The van der Waals surface area contributed by atoms with Crippen LogP contribution in [0.15, 0.2) is 23.4 Å². The van der Waals surface area contributed by atoms with Gasteiger partial charge in [-0.15, -0.1) is 0 Å². The van der Waals surface area contributed by atoms with E-state index in [-0.39, 0.29) is 0 Å². The molecule has 0 radical (unpaired) electrons. The lowest BCUT2D eigenvalue weighted by Gasteiger charge is -2.11. The Morgan fingerprint density at radius 1 is 1.38 bits per heavy atom. The zero-order chi connectivity index (χ0) is 12.0. The number of nitrogens with zero attached hydrogens (tertiary/aromatic N) is 1. The smallest absolute Gasteiger partial charge is 0.145 e. The molecule has 0 saturated carbocycles. The number of oxime groups is 1. The summed E-state index contributed by atoms with van der Waals surface area (Å²) in [7, 11) is 1.61. The molecule has 0 fully saturated rings. The maximum atomic E-state index is 5.60. The second-order valence-electron chi connectivity index (χ2n) is 3.32. The maximum Gasteiger partial charge on any atom is 0.145 e. The predicted molar refractivity (Wildman–Crippen MR) is 63.0 cm³/mol. The molecule has 1 rings (SSSR count). The topological polar surface area (TPSA) is 82.9 Å². The van der Waals surface area contributed by atoms with Gasteiger partial charge in [0.25, 0.3) is 0 Å². The summed E-state index contributed by atoms with van der Waals surface area (Å²) >= 11 is 0. The Morgan fingerprint density at radius 2 is 2.06 bits per heavy atom. The van der Waals surface area contributed by atoms with Crippen LogP contribution < -0.4 is 16.2 Å². The molecule has 0 spiro atoms. The van der Waals surface area contributed by atoms with Crippen molar-refractivity contribution in [2.45, 2.75) is 20.1 Å². The molecule has 5 nitrogen and oxygen atoms in total. The Kier molecular flexibility index (Phi) is 4.60. The van der Waals surface area contributed by atoms with Gasteiger partial charge in [0.15, 0.2) is 0 Å². The molecular formula is C11H17N3O2. The van der Waals surface area contributed by atoms with E-state index in [0.29, 0.717) is 19.0 Å². The molecule has 5 heteroatoms. The number of benzene rings is 1. The third-order valence-corrected chi connectivity index (χ3v) is 2.03. The van der Waals surface area contributed by atoms with E-state index < -0.39 is 0 Å². The van der Waals surface area contributed by atoms with Crippen LogP contribution in [0.4, 0.5) is 0 Å². The highest BCUT2D eigenvalue weighted by Crippen LogP contribution is 2.24. The van der Waals surface area contributed by atoms with E-state index in [2.05, 4.69) is 5.16 Å². The van der Waals surface area contributed by atoms with Crippen LogP contribution in [0.2, 0.25) is 0 Å². The molecule has 0 bridgehead atoms. The van der Waals surface area contributed by atoms with Crippen LogP contribution in [0.1, 0.15) is 18.1 Å². The van der Waals surface area contributed by atoms with Crippen LogP contribution in [0.3, 0.4) is 0 Å². The van der Waals surface area contributed by atoms with Gasteiger partial charge in [0.05, 0.1) is 7.11 Å². The molecule has 16 heavy (non-hydrogen) atoms. The number of para-hydroxylation sites is 1. The predicted octanol–water partition coefficient (Wildman–Crippen LogP) is 0.963. The Bertz CT molecular complexity index is 373. The van der Waals surface area contributed by atoms with Gasteiger partial charge in [-0.3, -0.25) is 0 Å². The highest BCUT2D eigenvalue weighted by molar-refractivity contribution is 5.76. The van der Waals surface area contributed by atoms with Crippen molar-refractivity contribution in [2.24, 2.45) is 16.6 Å². The number of nitrogens with two attached hydrogens (primary N) is 2. The molecule has 88 valence electrons. The first kappa shape index (κ1) is 12.3. The summed E-state index contributed by atoms with van der Waals surface area (Å²) in [4.78, 5) is 5.07. The van der Waals surface area contributed by atoms with Gasteiger partial charge >= 0.3 is 0 Å². The molecule has 0 unspecified atom stereocenters. The Balaban J connectivity index is 2.82. The first-order chi connectivity index (χ1) is 7.69. The van der Waals surface area contributed by atoms with Crippen LogP contribution in [0, 0.1) is 0 Å². The molecule has 0 amide bonds. The lowest BCUT2D eigenvalue weighted by atomic mass is 10.1. The minimum absolute atomic E-state index is 0.311. The van der Waals surface area contributed by atoms with Gasteiger partial charge in [0, 0.05) is 17.7 Å². The average molecular weight is 223 g/mol. The van der Waals surface area contributed by atoms with Crippen LogP contribution in [-0.4, -0.2) is 12.9 Å². The fourth-order valence-electron chi connectivity index (χ4n) is 1.38. The second kappa shape index (κ2) is 5.97. The first-order valence-electron chi connectivity index (χ1n) is 4.96. The quantitative estimate of drug-likeness (QED) is 0.442. The highest BCUT2D eigenvalue weighted by atomic mass is 16.6. The number of hydrogen-bond acceptors (Lipinski definition) is 4. The molecule has 0 aliphatic rings. The summed E-state index contributed by atoms with van der Waals surface area (Å²) in [6.45, 7) is 2.40. The maximum absolute atomic E-state index is 5.60. The summed E-state index contributed by atoms with van der Waals surface area (Å²) in [5, 5.41) is 3.66. The standard InChI is InChI=1S/C11H17N3O2/c1-8(13)14-16-7-10-5-3-4-9(6-12)11(10)15-2/h3-5H,6-7,12H2,1-2H3,(H2,13,14). The van der Waals surface area contributed by atoms with E-state index in [1.807, 2.05) is 18.2 Å². The minimum atomic E-state index is 0.311. The van der Waals surface area contributed by atoms with Crippen LogP contribution in [-0.2, 0) is 18.0 Å². The summed E-state index contributed by atoms with van der Waals surface area (Å²) in [5.41, 5.74) is 12.8. The largest absolute Gasteiger partial charge is 0.496 e. The fraction of sp³-hybridized carbons (Fsp3) is 0.364. The molecule has 0 saturated heterocycles. The van der Waals surface area contributed by atoms with E-state index in [1.165, 1.54) is 0 Å². The highest BCUT2D eigenvalue weighted by Gasteiger charge is 2.07. The summed E-state index contributed by atoms with van der Waals surface area (Å²) < 4.78 is 5.29. The third kappa shape index (κ3) is 3.13. The molecule has 0 atom stereocenters. The van der Waals surface area contributed by atoms with Gasteiger partial charge < -0.3 is 21.0 Å². The van der Waals surface area contributed by atoms with Gasteiger partial charge in [-0.2, -0.15) is 0 Å². The van der Waals surface area contributed by atoms with Crippen LogP contribution >= 0.6 is 0 Å². The first-order valence-corrected chi connectivity index (χ1v) is 4.96. The second-order valence-corrected chi connectivity index (χ2v) is 3.32. The Labute approximate surface area is 95.0 Å². The molecule has 0 aromatic heterocycles. The molecule has 0 aliphatic heterocycles. The van der Waals surface area contributed by atoms with Crippen molar-refractivity contribution in [1.82, 2.24) is 0 Å². The van der Waals surface area contributed by atoms with Crippen molar-refractivity contribution in [2.75, 3.05) is 7.11 Å².